The van der Waals surface area contributed by atoms with Crippen molar-refractivity contribution in [1.29, 1.82) is 0 Å². The minimum atomic E-state index is -0.198. The van der Waals surface area contributed by atoms with Gasteiger partial charge in [-0.1, -0.05) is 35.4 Å². The van der Waals surface area contributed by atoms with Crippen LogP contribution in [0, 0.1) is 23.7 Å². The Hall–Kier alpha value is -1.32. The van der Waals surface area contributed by atoms with Crippen LogP contribution in [-0.2, 0) is 9.59 Å². The van der Waals surface area contributed by atoms with E-state index in [-0.39, 0.29) is 35.5 Å². The Kier molecular flexibility index (Phi) is 2.92. The summed E-state index contributed by atoms with van der Waals surface area (Å²) in [5, 5.41) is 0.768. The summed E-state index contributed by atoms with van der Waals surface area (Å²) in [6.07, 6.45) is 6.21. The molecule has 1 saturated carbocycles. The number of hydrogen-bond donors (Lipinski definition) is 0. The van der Waals surface area contributed by atoms with Gasteiger partial charge in [-0.05, 0) is 42.9 Å². The number of nitrogens with zero attached hydrogens (tertiary/aromatic N) is 1. The molecule has 3 nitrogen and oxygen atoms in total. The van der Waals surface area contributed by atoms with Gasteiger partial charge in [0.05, 0.1) is 27.6 Å². The van der Waals surface area contributed by atoms with Crippen molar-refractivity contribution in [1.82, 2.24) is 0 Å². The molecule has 4 atom stereocenters. The molecule has 0 spiro atoms. The molecule has 0 aromatic heterocycles. The van der Waals surface area contributed by atoms with Crippen molar-refractivity contribution >= 4 is 40.7 Å². The number of fused-ring (bicyclic) bond motifs is 1. The molecule has 1 aromatic rings. The van der Waals surface area contributed by atoms with E-state index in [1.807, 2.05) is 0 Å². The minimum absolute atomic E-state index is 0.0950. The Balaban J connectivity index is 1.76. The second kappa shape index (κ2) is 4.59. The molecular formula is C16H13Cl2NO2. The first-order valence-corrected chi connectivity index (χ1v) is 7.84. The van der Waals surface area contributed by atoms with Crippen LogP contribution in [-0.4, -0.2) is 11.8 Å². The van der Waals surface area contributed by atoms with Crippen LogP contribution in [0.2, 0.25) is 10.0 Å². The van der Waals surface area contributed by atoms with E-state index in [9.17, 15) is 9.59 Å². The van der Waals surface area contributed by atoms with Gasteiger partial charge in [0, 0.05) is 0 Å². The predicted molar refractivity (Wildman–Crippen MR) is 81.3 cm³/mol. The summed E-state index contributed by atoms with van der Waals surface area (Å²) in [4.78, 5) is 26.8. The average Bonchev–Trinajstić information content (AvgIpc) is 2.78. The van der Waals surface area contributed by atoms with Gasteiger partial charge < -0.3 is 0 Å². The number of amides is 2. The lowest BCUT2D eigenvalue weighted by molar-refractivity contribution is -0.124. The first-order valence-electron chi connectivity index (χ1n) is 7.09. The fraction of sp³-hybridized carbons (Fsp3) is 0.375. The highest BCUT2D eigenvalue weighted by Gasteiger charge is 2.56. The Morgan fingerprint density at radius 2 is 1.48 bits per heavy atom. The Labute approximate surface area is 132 Å². The minimum Gasteiger partial charge on any atom is -0.274 e. The molecular weight excluding hydrogens is 309 g/mol. The van der Waals surface area contributed by atoms with E-state index >= 15 is 0 Å². The lowest BCUT2D eigenvalue weighted by atomic mass is 9.63. The summed E-state index contributed by atoms with van der Waals surface area (Å²) >= 11 is 11.9. The molecule has 21 heavy (non-hydrogen) atoms. The van der Waals surface area contributed by atoms with Gasteiger partial charge in [-0.2, -0.15) is 0 Å². The number of rotatable bonds is 1. The first-order chi connectivity index (χ1) is 10.1. The van der Waals surface area contributed by atoms with E-state index in [1.54, 1.807) is 18.2 Å². The predicted octanol–water partition coefficient (Wildman–Crippen LogP) is 3.70. The Morgan fingerprint density at radius 1 is 0.905 bits per heavy atom. The quantitative estimate of drug-likeness (QED) is 0.584. The van der Waals surface area contributed by atoms with Gasteiger partial charge in [-0.15, -0.1) is 0 Å². The molecule has 2 fully saturated rings. The highest BCUT2D eigenvalue weighted by atomic mass is 35.5. The van der Waals surface area contributed by atoms with Gasteiger partial charge in [0.1, 0.15) is 0 Å². The number of carbonyl (C=O) groups is 2. The molecule has 0 radical (unpaired) electrons. The monoisotopic (exact) mass is 321 g/mol. The van der Waals surface area contributed by atoms with Crippen molar-refractivity contribution in [2.45, 2.75) is 12.8 Å². The van der Waals surface area contributed by atoms with Crippen molar-refractivity contribution in [3.05, 3.63) is 40.4 Å². The summed E-state index contributed by atoms with van der Waals surface area (Å²) in [6.45, 7) is 0. The maximum Gasteiger partial charge on any atom is 0.238 e. The molecule has 2 bridgehead atoms. The van der Waals surface area contributed by atoms with E-state index < -0.39 is 0 Å². The van der Waals surface area contributed by atoms with Crippen LogP contribution < -0.4 is 4.90 Å². The SMILES string of the molecule is O=C1[C@@H]2[C@H](C(=O)N1c1ccc(Cl)c(Cl)c1)[C@@H]1C=C[C@H]2CC1. The maximum atomic E-state index is 12.7. The molecule has 1 aromatic carbocycles. The van der Waals surface area contributed by atoms with E-state index in [0.29, 0.717) is 15.7 Å². The van der Waals surface area contributed by atoms with Gasteiger partial charge in [-0.3, -0.25) is 9.59 Å². The summed E-state index contributed by atoms with van der Waals surface area (Å²) in [7, 11) is 0. The molecule has 5 heteroatoms. The van der Waals surface area contributed by atoms with Crippen LogP contribution in [0.1, 0.15) is 12.8 Å². The lowest BCUT2D eigenvalue weighted by Gasteiger charge is -2.38. The zero-order valence-electron chi connectivity index (χ0n) is 11.1. The smallest absolute Gasteiger partial charge is 0.238 e. The molecule has 5 rings (SSSR count). The molecule has 0 unspecified atom stereocenters. The fourth-order valence-electron chi connectivity index (χ4n) is 3.95. The number of halogens is 2. The third kappa shape index (κ3) is 1.80. The van der Waals surface area contributed by atoms with Crippen LogP contribution in [0.3, 0.4) is 0 Å². The van der Waals surface area contributed by atoms with Gasteiger partial charge in [-0.25, -0.2) is 4.90 Å². The first kappa shape index (κ1) is 13.4. The lowest BCUT2D eigenvalue weighted by Crippen LogP contribution is -2.38. The molecule has 4 aliphatic rings. The van der Waals surface area contributed by atoms with E-state index in [2.05, 4.69) is 12.2 Å². The molecule has 1 aliphatic heterocycles. The zero-order valence-corrected chi connectivity index (χ0v) is 12.6. The van der Waals surface area contributed by atoms with Crippen molar-refractivity contribution in [3.8, 4) is 0 Å². The number of anilines is 1. The van der Waals surface area contributed by atoms with Gasteiger partial charge >= 0.3 is 0 Å². The van der Waals surface area contributed by atoms with Crippen LogP contribution in [0.4, 0.5) is 5.69 Å². The molecule has 0 N–H and O–H groups in total. The standard InChI is InChI=1S/C16H13Cl2NO2/c17-11-6-5-10(7-12(11)18)19-15(20)13-8-1-2-9(4-3-8)14(13)16(19)21/h1-2,5-9,13-14H,3-4H2/t8-,9+,13-,14+. The van der Waals surface area contributed by atoms with Gasteiger partial charge in [0.25, 0.3) is 0 Å². The maximum absolute atomic E-state index is 12.7. The largest absolute Gasteiger partial charge is 0.274 e. The number of carbonyl (C=O) groups excluding carboxylic acids is 2. The Bertz CT molecular complexity index is 653. The van der Waals surface area contributed by atoms with Crippen LogP contribution >= 0.6 is 23.2 Å². The van der Waals surface area contributed by atoms with Crippen LogP contribution in [0.5, 0.6) is 0 Å². The second-order valence-electron chi connectivity index (χ2n) is 5.95. The molecule has 1 saturated heterocycles. The third-order valence-electron chi connectivity index (χ3n) is 4.92. The molecule has 2 amide bonds. The summed E-state index contributed by atoms with van der Waals surface area (Å²) in [5.74, 6) is -0.190. The van der Waals surface area contributed by atoms with E-state index in [1.165, 1.54) is 4.90 Å². The second-order valence-corrected chi connectivity index (χ2v) is 6.77. The average molecular weight is 322 g/mol. The summed E-state index contributed by atoms with van der Waals surface area (Å²) in [5.41, 5.74) is 0.521. The highest BCUT2D eigenvalue weighted by molar-refractivity contribution is 6.42. The van der Waals surface area contributed by atoms with E-state index in [4.69, 9.17) is 23.2 Å². The topological polar surface area (TPSA) is 37.4 Å². The van der Waals surface area contributed by atoms with Crippen molar-refractivity contribution < 1.29 is 9.59 Å². The molecule has 1 heterocycles. The Morgan fingerprint density at radius 3 is 1.95 bits per heavy atom. The van der Waals surface area contributed by atoms with Crippen LogP contribution in [0.15, 0.2) is 30.4 Å². The van der Waals surface area contributed by atoms with Gasteiger partial charge in [0.2, 0.25) is 11.8 Å². The normalized spacial score (nSPS) is 33.7. The van der Waals surface area contributed by atoms with E-state index in [0.717, 1.165) is 12.8 Å². The fourth-order valence-corrected chi connectivity index (χ4v) is 4.25. The number of benzene rings is 1. The highest BCUT2D eigenvalue weighted by Crippen LogP contribution is 2.50. The summed E-state index contributed by atoms with van der Waals surface area (Å²) in [6, 6.07) is 4.89. The number of hydrogen-bond acceptors (Lipinski definition) is 2. The number of allylic oxidation sites excluding steroid dienone is 2. The zero-order chi connectivity index (χ0) is 14.7. The third-order valence-corrected chi connectivity index (χ3v) is 5.66. The van der Waals surface area contributed by atoms with Crippen molar-refractivity contribution in [3.63, 3.8) is 0 Å². The number of imide groups is 1. The molecule has 108 valence electrons. The van der Waals surface area contributed by atoms with Crippen molar-refractivity contribution in [2.24, 2.45) is 23.7 Å². The van der Waals surface area contributed by atoms with Crippen LogP contribution in [0.25, 0.3) is 0 Å². The molecule has 3 aliphatic carbocycles. The van der Waals surface area contributed by atoms with Crippen molar-refractivity contribution in [2.75, 3.05) is 4.90 Å². The summed E-state index contributed by atoms with van der Waals surface area (Å²) < 4.78 is 0. The van der Waals surface area contributed by atoms with Gasteiger partial charge in [0.15, 0.2) is 0 Å².